The lowest BCUT2D eigenvalue weighted by Gasteiger charge is -2.12. The van der Waals surface area contributed by atoms with Crippen LogP contribution in [0.4, 0.5) is 4.79 Å². The van der Waals surface area contributed by atoms with Crippen LogP contribution < -0.4 is 5.32 Å². The minimum atomic E-state index is -0.522. The SMILES string of the molecule is C[CH]OC(C)OC(=O)NCCCC. The summed E-state index contributed by atoms with van der Waals surface area (Å²) in [7, 11) is 0. The van der Waals surface area contributed by atoms with Crippen molar-refractivity contribution in [2.45, 2.75) is 39.9 Å². The molecule has 1 unspecified atom stereocenters. The molecule has 13 heavy (non-hydrogen) atoms. The van der Waals surface area contributed by atoms with Gasteiger partial charge >= 0.3 is 6.09 Å². The average molecular weight is 188 g/mol. The highest BCUT2D eigenvalue weighted by molar-refractivity contribution is 5.67. The normalized spacial score (nSPS) is 12.2. The summed E-state index contributed by atoms with van der Waals surface area (Å²) >= 11 is 0. The minimum absolute atomic E-state index is 0.428. The molecule has 0 aliphatic carbocycles. The van der Waals surface area contributed by atoms with Gasteiger partial charge in [0, 0.05) is 6.54 Å². The second kappa shape index (κ2) is 7.86. The zero-order valence-corrected chi connectivity index (χ0v) is 8.50. The molecule has 0 spiro atoms. The first kappa shape index (κ1) is 12.2. The average Bonchev–Trinajstić information content (AvgIpc) is 2.05. The molecule has 0 aromatic carbocycles. The summed E-state index contributed by atoms with van der Waals surface area (Å²) in [6.45, 7) is 7.60. The molecule has 0 fully saturated rings. The van der Waals surface area contributed by atoms with Crippen molar-refractivity contribution in [3.63, 3.8) is 0 Å². The maximum absolute atomic E-state index is 11.0. The second-order valence-corrected chi connectivity index (χ2v) is 2.63. The Hall–Kier alpha value is -0.770. The van der Waals surface area contributed by atoms with Crippen LogP contribution in [0.5, 0.6) is 0 Å². The van der Waals surface area contributed by atoms with Gasteiger partial charge < -0.3 is 14.8 Å². The zero-order valence-electron chi connectivity index (χ0n) is 8.50. The molecule has 0 rings (SSSR count). The molecule has 0 aliphatic rings. The summed E-state index contributed by atoms with van der Waals surface area (Å²) in [6, 6.07) is 0. The molecular weight excluding hydrogens is 170 g/mol. The van der Waals surface area contributed by atoms with Gasteiger partial charge in [-0.1, -0.05) is 13.3 Å². The molecule has 77 valence electrons. The third kappa shape index (κ3) is 7.59. The van der Waals surface area contributed by atoms with Crippen molar-refractivity contribution in [1.29, 1.82) is 0 Å². The van der Waals surface area contributed by atoms with Crippen molar-refractivity contribution < 1.29 is 14.3 Å². The number of carbonyl (C=O) groups is 1. The monoisotopic (exact) mass is 188 g/mol. The fourth-order valence-corrected chi connectivity index (χ4v) is 0.779. The highest BCUT2D eigenvalue weighted by atomic mass is 16.7. The number of alkyl carbamates (subject to hydrolysis) is 1. The molecule has 4 nitrogen and oxygen atoms in total. The van der Waals surface area contributed by atoms with Gasteiger partial charge in [0.2, 0.25) is 6.29 Å². The Morgan fingerprint density at radius 1 is 1.62 bits per heavy atom. The van der Waals surface area contributed by atoms with E-state index in [0.717, 1.165) is 12.8 Å². The number of rotatable bonds is 6. The molecule has 0 aromatic rings. The predicted octanol–water partition coefficient (Wildman–Crippen LogP) is 2.06. The Labute approximate surface area is 79.6 Å². The molecule has 0 aromatic heterocycles. The number of amides is 1. The predicted molar refractivity (Wildman–Crippen MR) is 49.9 cm³/mol. The lowest BCUT2D eigenvalue weighted by Crippen LogP contribution is -2.29. The first-order valence-electron chi connectivity index (χ1n) is 4.58. The van der Waals surface area contributed by atoms with E-state index in [1.807, 2.05) is 0 Å². The quantitative estimate of drug-likeness (QED) is 0.512. The molecule has 1 radical (unpaired) electrons. The van der Waals surface area contributed by atoms with Crippen LogP contribution in [0.15, 0.2) is 0 Å². The highest BCUT2D eigenvalue weighted by Gasteiger charge is 2.06. The Kier molecular flexibility index (Phi) is 7.39. The van der Waals surface area contributed by atoms with Crippen molar-refractivity contribution in [2.75, 3.05) is 6.54 Å². The highest BCUT2D eigenvalue weighted by Crippen LogP contribution is 1.95. The zero-order chi connectivity index (χ0) is 10.1. The van der Waals surface area contributed by atoms with Gasteiger partial charge in [0.15, 0.2) is 0 Å². The summed E-state index contributed by atoms with van der Waals surface area (Å²) < 4.78 is 9.74. The number of carbonyl (C=O) groups excluding carboxylic acids is 1. The van der Waals surface area contributed by atoms with E-state index in [2.05, 4.69) is 12.2 Å². The third-order valence-corrected chi connectivity index (χ3v) is 1.40. The van der Waals surface area contributed by atoms with Crippen molar-refractivity contribution in [1.82, 2.24) is 5.32 Å². The summed E-state index contributed by atoms with van der Waals surface area (Å²) in [4.78, 5) is 11.0. The van der Waals surface area contributed by atoms with E-state index in [0.29, 0.717) is 6.54 Å². The van der Waals surface area contributed by atoms with E-state index < -0.39 is 12.4 Å². The largest absolute Gasteiger partial charge is 0.420 e. The Balaban J connectivity index is 3.38. The molecule has 4 heteroatoms. The van der Waals surface area contributed by atoms with Gasteiger partial charge in [-0.2, -0.15) is 0 Å². The second-order valence-electron chi connectivity index (χ2n) is 2.63. The summed E-state index contributed by atoms with van der Waals surface area (Å²) in [6.07, 6.45) is 1.06. The molecule has 0 heterocycles. The summed E-state index contributed by atoms with van der Waals surface area (Å²) in [5, 5.41) is 2.62. The number of unbranched alkanes of at least 4 members (excludes halogenated alkanes) is 1. The molecule has 0 bridgehead atoms. The minimum Gasteiger partial charge on any atom is -0.420 e. The van der Waals surface area contributed by atoms with E-state index in [1.165, 1.54) is 6.61 Å². The first-order valence-corrected chi connectivity index (χ1v) is 4.58. The van der Waals surface area contributed by atoms with Crippen molar-refractivity contribution in [2.24, 2.45) is 0 Å². The fourth-order valence-electron chi connectivity index (χ4n) is 0.779. The van der Waals surface area contributed by atoms with E-state index in [-0.39, 0.29) is 0 Å². The Bertz CT molecular complexity index is 139. The van der Waals surface area contributed by atoms with Crippen molar-refractivity contribution >= 4 is 6.09 Å². The maximum atomic E-state index is 11.0. The molecule has 0 saturated heterocycles. The van der Waals surface area contributed by atoms with Crippen LogP contribution in [-0.4, -0.2) is 18.9 Å². The number of nitrogens with one attached hydrogen (secondary N) is 1. The summed E-state index contributed by atoms with van der Waals surface area (Å²) in [5.74, 6) is 0. The fraction of sp³-hybridized carbons (Fsp3) is 0.778. The molecule has 1 atom stereocenters. The van der Waals surface area contributed by atoms with Gasteiger partial charge in [-0.25, -0.2) is 4.79 Å². The van der Waals surface area contributed by atoms with E-state index >= 15 is 0 Å². The van der Waals surface area contributed by atoms with Crippen LogP contribution in [0.2, 0.25) is 0 Å². The van der Waals surface area contributed by atoms with Gasteiger partial charge in [0.1, 0.15) is 0 Å². The van der Waals surface area contributed by atoms with Crippen molar-refractivity contribution in [3.8, 4) is 0 Å². The Morgan fingerprint density at radius 3 is 2.85 bits per heavy atom. The Morgan fingerprint density at radius 2 is 2.31 bits per heavy atom. The third-order valence-electron chi connectivity index (χ3n) is 1.40. The van der Waals surface area contributed by atoms with Gasteiger partial charge in [-0.15, -0.1) is 0 Å². The lowest BCUT2D eigenvalue weighted by molar-refractivity contribution is -0.0632. The standard InChI is InChI=1S/C9H18NO3/c1-4-6-7-10-9(11)13-8(3)12-5-2/h5,8H,4,6-7H2,1-3H3,(H,10,11). The molecular formula is C9H18NO3. The van der Waals surface area contributed by atoms with Gasteiger partial charge in [-0.3, -0.25) is 0 Å². The van der Waals surface area contributed by atoms with Gasteiger partial charge in [0.25, 0.3) is 0 Å². The van der Waals surface area contributed by atoms with Gasteiger partial charge in [-0.05, 0) is 20.3 Å². The van der Waals surface area contributed by atoms with Crippen LogP contribution >= 0.6 is 0 Å². The van der Waals surface area contributed by atoms with Gasteiger partial charge in [0.05, 0.1) is 6.61 Å². The maximum Gasteiger partial charge on any atom is 0.409 e. The lowest BCUT2D eigenvalue weighted by atomic mass is 10.3. The molecule has 1 N–H and O–H groups in total. The van der Waals surface area contributed by atoms with Crippen LogP contribution in [-0.2, 0) is 9.47 Å². The smallest absolute Gasteiger partial charge is 0.409 e. The summed E-state index contributed by atoms with van der Waals surface area (Å²) in [5.41, 5.74) is 0. The molecule has 0 saturated carbocycles. The molecule has 1 amide bonds. The first-order chi connectivity index (χ1) is 6.20. The number of hydrogen-bond acceptors (Lipinski definition) is 3. The van der Waals surface area contributed by atoms with Crippen LogP contribution in [0.1, 0.15) is 33.6 Å². The van der Waals surface area contributed by atoms with Crippen LogP contribution in [0, 0.1) is 6.61 Å². The van der Waals surface area contributed by atoms with E-state index in [4.69, 9.17) is 9.47 Å². The number of ether oxygens (including phenoxy) is 2. The van der Waals surface area contributed by atoms with Crippen LogP contribution in [0.25, 0.3) is 0 Å². The van der Waals surface area contributed by atoms with Crippen LogP contribution in [0.3, 0.4) is 0 Å². The van der Waals surface area contributed by atoms with Crippen molar-refractivity contribution in [3.05, 3.63) is 6.61 Å². The number of hydrogen-bond donors (Lipinski definition) is 1. The van der Waals surface area contributed by atoms with E-state index in [9.17, 15) is 4.79 Å². The van der Waals surface area contributed by atoms with E-state index in [1.54, 1.807) is 13.8 Å². The molecule has 0 aliphatic heterocycles. The topological polar surface area (TPSA) is 47.6 Å².